The maximum atomic E-state index is 12.3. The van der Waals surface area contributed by atoms with E-state index in [0.717, 1.165) is 12.0 Å². The van der Waals surface area contributed by atoms with Crippen LogP contribution in [0, 0.1) is 0 Å². The van der Waals surface area contributed by atoms with Gasteiger partial charge in [0.25, 0.3) is 0 Å². The van der Waals surface area contributed by atoms with Gasteiger partial charge in [-0.3, -0.25) is 0 Å². The number of esters is 1. The summed E-state index contributed by atoms with van der Waals surface area (Å²) in [4.78, 5) is 12.3. The highest BCUT2D eigenvalue weighted by Gasteiger charge is 2.73. The van der Waals surface area contributed by atoms with Crippen LogP contribution in [0.4, 0.5) is 0 Å². The summed E-state index contributed by atoms with van der Waals surface area (Å²) in [5.41, 5.74) is -1.00. The molecule has 1 saturated heterocycles. The summed E-state index contributed by atoms with van der Waals surface area (Å²) in [5, 5.41) is 1.11. The van der Waals surface area contributed by atoms with Crippen LogP contribution in [0.2, 0.25) is 10.0 Å². The number of rotatable bonds is 5. The SMILES string of the molecule is CCCC1(C(=O)OCC)OC1(C)c1cc(Cl)ccc1Cl. The molecule has 1 fully saturated rings. The minimum absolute atomic E-state index is 0.326. The molecule has 3 nitrogen and oxygen atoms in total. The summed E-state index contributed by atoms with van der Waals surface area (Å²) in [6, 6.07) is 5.18. The Balaban J connectivity index is 2.40. The van der Waals surface area contributed by atoms with Gasteiger partial charge in [0.1, 0.15) is 5.60 Å². The summed E-state index contributed by atoms with van der Waals surface area (Å²) in [5.74, 6) is -0.333. The quantitative estimate of drug-likeness (QED) is 0.599. The second-order valence-electron chi connectivity index (χ2n) is 5.06. The van der Waals surface area contributed by atoms with Gasteiger partial charge in [0.15, 0.2) is 5.60 Å². The van der Waals surface area contributed by atoms with Crippen LogP contribution in [0.5, 0.6) is 0 Å². The standard InChI is InChI=1S/C15H18Cl2O3/c1-4-8-15(13(18)19-5-2)14(3,20-15)11-9-10(16)6-7-12(11)17/h6-7,9H,4-5,8H2,1-3H3. The lowest BCUT2D eigenvalue weighted by atomic mass is 9.84. The molecule has 2 unspecified atom stereocenters. The third kappa shape index (κ3) is 2.32. The van der Waals surface area contributed by atoms with Crippen LogP contribution in [-0.4, -0.2) is 18.2 Å². The van der Waals surface area contributed by atoms with E-state index < -0.39 is 11.2 Å². The van der Waals surface area contributed by atoms with Crippen LogP contribution in [0.3, 0.4) is 0 Å². The highest BCUT2D eigenvalue weighted by atomic mass is 35.5. The van der Waals surface area contributed by atoms with Gasteiger partial charge < -0.3 is 9.47 Å². The van der Waals surface area contributed by atoms with Gasteiger partial charge in [0.05, 0.1) is 6.61 Å². The first-order valence-electron chi connectivity index (χ1n) is 6.74. The lowest BCUT2D eigenvalue weighted by Gasteiger charge is -2.16. The Morgan fingerprint density at radius 1 is 1.35 bits per heavy atom. The van der Waals surface area contributed by atoms with Crippen molar-refractivity contribution in [3.63, 3.8) is 0 Å². The zero-order chi connectivity index (χ0) is 15.0. The Kier molecular flexibility index (Phi) is 4.33. The Morgan fingerprint density at radius 3 is 2.65 bits per heavy atom. The molecule has 0 radical (unpaired) electrons. The van der Waals surface area contributed by atoms with Crippen molar-refractivity contribution in [2.75, 3.05) is 6.61 Å². The van der Waals surface area contributed by atoms with E-state index in [9.17, 15) is 4.79 Å². The Labute approximate surface area is 129 Å². The number of hydrogen-bond acceptors (Lipinski definition) is 3. The van der Waals surface area contributed by atoms with E-state index in [4.69, 9.17) is 32.7 Å². The molecule has 20 heavy (non-hydrogen) atoms. The van der Waals surface area contributed by atoms with Gasteiger partial charge in [-0.1, -0.05) is 36.5 Å². The van der Waals surface area contributed by atoms with Crippen LogP contribution in [0.25, 0.3) is 0 Å². The summed E-state index contributed by atoms with van der Waals surface area (Å²) in [7, 11) is 0. The van der Waals surface area contributed by atoms with Crippen molar-refractivity contribution in [3.8, 4) is 0 Å². The topological polar surface area (TPSA) is 38.8 Å². The highest BCUT2D eigenvalue weighted by molar-refractivity contribution is 6.33. The molecule has 0 amide bonds. The van der Waals surface area contributed by atoms with Crippen molar-refractivity contribution >= 4 is 29.2 Å². The molecule has 0 aliphatic carbocycles. The monoisotopic (exact) mass is 316 g/mol. The maximum absolute atomic E-state index is 12.3. The van der Waals surface area contributed by atoms with E-state index in [-0.39, 0.29) is 5.97 Å². The van der Waals surface area contributed by atoms with Gasteiger partial charge in [-0.05, 0) is 38.5 Å². The molecule has 1 aromatic rings. The number of halogens is 2. The minimum Gasteiger partial charge on any atom is -0.464 e. The number of benzene rings is 1. The molecule has 0 saturated carbocycles. The third-order valence-electron chi connectivity index (χ3n) is 3.76. The van der Waals surface area contributed by atoms with Gasteiger partial charge in [-0.2, -0.15) is 0 Å². The van der Waals surface area contributed by atoms with Gasteiger partial charge in [-0.15, -0.1) is 0 Å². The zero-order valence-corrected chi connectivity index (χ0v) is 13.3. The minimum atomic E-state index is -0.952. The summed E-state index contributed by atoms with van der Waals surface area (Å²) in [6.07, 6.45) is 1.40. The summed E-state index contributed by atoms with van der Waals surface area (Å²) in [6.45, 7) is 5.97. The summed E-state index contributed by atoms with van der Waals surface area (Å²) < 4.78 is 11.0. The number of hydrogen-bond donors (Lipinski definition) is 0. The lowest BCUT2D eigenvalue weighted by molar-refractivity contribution is -0.149. The number of ether oxygens (including phenoxy) is 2. The summed E-state index contributed by atoms with van der Waals surface area (Å²) >= 11 is 12.3. The first-order valence-corrected chi connectivity index (χ1v) is 7.49. The molecule has 1 aromatic carbocycles. The molecule has 5 heteroatoms. The van der Waals surface area contributed by atoms with Crippen molar-refractivity contribution in [1.29, 1.82) is 0 Å². The molecule has 1 aliphatic heterocycles. The fourth-order valence-corrected chi connectivity index (χ4v) is 3.16. The van der Waals surface area contributed by atoms with Crippen molar-refractivity contribution in [3.05, 3.63) is 33.8 Å². The van der Waals surface area contributed by atoms with E-state index in [0.29, 0.717) is 23.1 Å². The van der Waals surface area contributed by atoms with Crippen molar-refractivity contribution in [2.24, 2.45) is 0 Å². The third-order valence-corrected chi connectivity index (χ3v) is 4.32. The normalized spacial score (nSPS) is 28.2. The van der Waals surface area contributed by atoms with Crippen molar-refractivity contribution in [1.82, 2.24) is 0 Å². The molecule has 1 heterocycles. The second-order valence-corrected chi connectivity index (χ2v) is 5.90. The van der Waals surface area contributed by atoms with Crippen molar-refractivity contribution in [2.45, 2.75) is 44.8 Å². The average Bonchev–Trinajstić information content (AvgIpc) is 3.01. The molecule has 1 aliphatic rings. The van der Waals surface area contributed by atoms with Crippen molar-refractivity contribution < 1.29 is 14.3 Å². The Morgan fingerprint density at radius 2 is 2.05 bits per heavy atom. The average molecular weight is 317 g/mol. The predicted molar refractivity (Wildman–Crippen MR) is 79.2 cm³/mol. The van der Waals surface area contributed by atoms with E-state index in [2.05, 4.69) is 0 Å². The van der Waals surface area contributed by atoms with Gasteiger partial charge >= 0.3 is 5.97 Å². The molecule has 0 bridgehead atoms. The predicted octanol–water partition coefficient (Wildman–Crippen LogP) is 4.34. The van der Waals surface area contributed by atoms with E-state index in [1.807, 2.05) is 13.8 Å². The largest absolute Gasteiger partial charge is 0.464 e. The Hall–Kier alpha value is -0.770. The molecular formula is C15H18Cl2O3. The van der Waals surface area contributed by atoms with Gasteiger partial charge in [0.2, 0.25) is 0 Å². The van der Waals surface area contributed by atoms with E-state index >= 15 is 0 Å². The van der Waals surface area contributed by atoms with E-state index in [1.54, 1.807) is 25.1 Å². The Bertz CT molecular complexity index is 532. The molecule has 0 aromatic heterocycles. The molecular weight excluding hydrogens is 299 g/mol. The number of carbonyl (C=O) groups is 1. The molecule has 0 spiro atoms. The lowest BCUT2D eigenvalue weighted by Crippen LogP contribution is -2.33. The fraction of sp³-hybridized carbons (Fsp3) is 0.533. The molecule has 2 atom stereocenters. The van der Waals surface area contributed by atoms with Gasteiger partial charge in [0, 0.05) is 15.6 Å². The highest BCUT2D eigenvalue weighted by Crippen LogP contribution is 2.60. The smallest absolute Gasteiger partial charge is 0.341 e. The molecule has 2 rings (SSSR count). The zero-order valence-electron chi connectivity index (χ0n) is 11.8. The van der Waals surface area contributed by atoms with Crippen LogP contribution >= 0.6 is 23.2 Å². The maximum Gasteiger partial charge on any atom is 0.341 e. The first-order chi connectivity index (χ1) is 9.41. The molecule has 110 valence electrons. The molecule has 0 N–H and O–H groups in total. The van der Waals surface area contributed by atoms with Crippen LogP contribution < -0.4 is 0 Å². The number of epoxide rings is 1. The van der Waals surface area contributed by atoms with Gasteiger partial charge in [-0.25, -0.2) is 4.79 Å². The fourth-order valence-electron chi connectivity index (χ4n) is 2.69. The van der Waals surface area contributed by atoms with E-state index in [1.165, 1.54) is 0 Å². The van der Waals surface area contributed by atoms with Crippen LogP contribution in [-0.2, 0) is 19.9 Å². The first kappa shape index (κ1) is 15.6. The second kappa shape index (κ2) is 5.55. The van der Waals surface area contributed by atoms with Crippen LogP contribution in [0.1, 0.15) is 39.2 Å². The number of carbonyl (C=O) groups excluding carboxylic acids is 1. The van der Waals surface area contributed by atoms with Crippen LogP contribution in [0.15, 0.2) is 18.2 Å².